The molecular weight excluding hydrogens is 298 g/mol. The second kappa shape index (κ2) is 5.00. The van der Waals surface area contributed by atoms with E-state index < -0.39 is 9.84 Å². The van der Waals surface area contributed by atoms with Crippen molar-refractivity contribution in [1.29, 1.82) is 0 Å². The Kier molecular flexibility index (Phi) is 3.45. The molecule has 2 fully saturated rings. The summed E-state index contributed by atoms with van der Waals surface area (Å²) in [6, 6.07) is -0.696. The summed E-state index contributed by atoms with van der Waals surface area (Å²) in [5, 5.41) is 7.94. The normalized spacial score (nSPS) is 28.2. The number of nitrogens with zero attached hydrogens (tertiary/aromatic N) is 1. The van der Waals surface area contributed by atoms with Crippen LogP contribution in [0.25, 0.3) is 0 Å². The van der Waals surface area contributed by atoms with E-state index in [2.05, 4.69) is 15.6 Å². The number of sulfone groups is 1. The van der Waals surface area contributed by atoms with Crippen LogP contribution in [0.2, 0.25) is 0 Å². The fourth-order valence-electron chi connectivity index (χ4n) is 2.42. The first-order valence-corrected chi connectivity index (χ1v) is 9.36. The minimum atomic E-state index is -3.02. The van der Waals surface area contributed by atoms with Crippen molar-refractivity contribution in [2.24, 2.45) is 5.92 Å². The van der Waals surface area contributed by atoms with Gasteiger partial charge in [-0.15, -0.1) is 11.3 Å². The predicted molar refractivity (Wildman–Crippen MR) is 77.8 cm³/mol. The minimum Gasteiger partial charge on any atom is -0.334 e. The van der Waals surface area contributed by atoms with Gasteiger partial charge in [-0.1, -0.05) is 6.92 Å². The van der Waals surface area contributed by atoms with E-state index in [4.69, 9.17) is 0 Å². The Balaban J connectivity index is 1.56. The Morgan fingerprint density at radius 3 is 2.75 bits per heavy atom. The number of aromatic nitrogens is 1. The smallest absolute Gasteiger partial charge is 0.321 e. The molecule has 0 spiro atoms. The Bertz CT molecular complexity index is 622. The van der Waals surface area contributed by atoms with E-state index in [1.807, 2.05) is 12.3 Å². The lowest BCUT2D eigenvalue weighted by atomic mass is 10.1. The number of thiazole rings is 1. The Labute approximate surface area is 121 Å². The van der Waals surface area contributed by atoms with Gasteiger partial charge >= 0.3 is 6.03 Å². The van der Waals surface area contributed by atoms with Gasteiger partial charge in [0, 0.05) is 17.3 Å². The summed E-state index contributed by atoms with van der Waals surface area (Å²) in [4.78, 5) is 16.2. The fourth-order valence-corrected chi connectivity index (χ4v) is 5.33. The maximum atomic E-state index is 11.9. The molecule has 0 aromatic carbocycles. The molecule has 0 bridgehead atoms. The molecule has 2 atom stereocenters. The largest absolute Gasteiger partial charge is 0.334 e. The monoisotopic (exact) mass is 315 g/mol. The number of carbonyl (C=O) groups excluding carboxylic acids is 1. The topological polar surface area (TPSA) is 88.2 Å². The van der Waals surface area contributed by atoms with Gasteiger partial charge in [0.2, 0.25) is 0 Å². The highest BCUT2D eigenvalue weighted by molar-refractivity contribution is 7.91. The lowest BCUT2D eigenvalue weighted by Crippen LogP contribution is -2.41. The van der Waals surface area contributed by atoms with Crippen LogP contribution in [-0.4, -0.2) is 37.0 Å². The Morgan fingerprint density at radius 2 is 2.15 bits per heavy atom. The number of carbonyl (C=O) groups is 1. The fraction of sp³-hybridized carbons (Fsp3) is 0.667. The number of anilines is 1. The van der Waals surface area contributed by atoms with Crippen molar-refractivity contribution in [3.63, 3.8) is 0 Å². The maximum absolute atomic E-state index is 11.9. The van der Waals surface area contributed by atoms with Crippen molar-refractivity contribution in [1.82, 2.24) is 10.3 Å². The van der Waals surface area contributed by atoms with Gasteiger partial charge in [-0.25, -0.2) is 18.2 Å². The minimum absolute atomic E-state index is 0.0206. The molecule has 0 radical (unpaired) electrons. The van der Waals surface area contributed by atoms with Gasteiger partial charge in [-0.3, -0.25) is 5.32 Å². The number of hydrogen-bond donors (Lipinski definition) is 2. The number of nitrogens with one attached hydrogen (secondary N) is 2. The highest BCUT2D eigenvalue weighted by Crippen LogP contribution is 2.40. The Hall–Kier alpha value is -1.15. The van der Waals surface area contributed by atoms with Crippen LogP contribution in [0.4, 0.5) is 9.93 Å². The van der Waals surface area contributed by atoms with Gasteiger partial charge in [0.1, 0.15) is 0 Å². The van der Waals surface area contributed by atoms with E-state index in [9.17, 15) is 13.2 Å². The van der Waals surface area contributed by atoms with E-state index in [0.29, 0.717) is 11.0 Å². The zero-order valence-corrected chi connectivity index (χ0v) is 12.8. The van der Waals surface area contributed by atoms with E-state index in [1.165, 1.54) is 24.2 Å². The summed E-state index contributed by atoms with van der Waals surface area (Å²) >= 11 is 1.40. The van der Waals surface area contributed by atoms with Gasteiger partial charge < -0.3 is 5.32 Å². The molecule has 1 aromatic heterocycles. The number of rotatable bonds is 3. The molecule has 6 nitrogen and oxygen atoms in total. The third kappa shape index (κ3) is 3.12. The highest BCUT2D eigenvalue weighted by atomic mass is 32.2. The molecule has 2 aliphatic rings. The molecule has 8 heteroatoms. The second-order valence-electron chi connectivity index (χ2n) is 5.61. The van der Waals surface area contributed by atoms with Crippen molar-refractivity contribution < 1.29 is 13.2 Å². The molecule has 1 saturated carbocycles. The first kappa shape index (κ1) is 13.8. The van der Waals surface area contributed by atoms with Crippen LogP contribution >= 0.6 is 11.3 Å². The van der Waals surface area contributed by atoms with Crippen molar-refractivity contribution in [2.75, 3.05) is 16.8 Å². The second-order valence-corrected chi connectivity index (χ2v) is 8.62. The van der Waals surface area contributed by atoms with Crippen LogP contribution in [-0.2, 0) is 9.84 Å². The van der Waals surface area contributed by atoms with Crippen LogP contribution in [0.5, 0.6) is 0 Å². The van der Waals surface area contributed by atoms with Gasteiger partial charge in [-0.2, -0.15) is 0 Å². The van der Waals surface area contributed by atoms with Crippen LogP contribution in [0.3, 0.4) is 0 Å². The van der Waals surface area contributed by atoms with Crippen LogP contribution in [0.15, 0.2) is 5.38 Å². The molecule has 2 N–H and O–H groups in total. The van der Waals surface area contributed by atoms with Gasteiger partial charge in [0.25, 0.3) is 0 Å². The molecule has 1 aliphatic carbocycles. The van der Waals surface area contributed by atoms with E-state index in [-0.39, 0.29) is 29.5 Å². The molecule has 3 rings (SSSR count). The van der Waals surface area contributed by atoms with Crippen molar-refractivity contribution in [3.8, 4) is 0 Å². The highest BCUT2D eigenvalue weighted by Gasteiger charge is 2.35. The standard InChI is InChI=1S/C12H17N3O3S2/c1-7-5-20(17,18)6-10(7)13-11(16)15-12-14-9(4-19-12)8-2-3-8/h4,7-8,10H,2-3,5-6H2,1H3,(H2,13,14,15,16)/t7-,10+/m1/s1. The number of urea groups is 1. The van der Waals surface area contributed by atoms with Crippen LogP contribution in [0, 0.1) is 5.92 Å². The first-order chi connectivity index (χ1) is 9.43. The predicted octanol–water partition coefficient (Wildman–Crippen LogP) is 1.58. The SMILES string of the molecule is C[C@@H]1CS(=O)(=O)C[C@@H]1NC(=O)Nc1nc(C2CC2)cs1. The maximum Gasteiger partial charge on any atom is 0.321 e. The molecule has 1 aromatic rings. The molecule has 20 heavy (non-hydrogen) atoms. The quantitative estimate of drug-likeness (QED) is 0.886. The molecule has 2 heterocycles. The number of hydrogen-bond acceptors (Lipinski definition) is 5. The van der Waals surface area contributed by atoms with Crippen LogP contribution < -0.4 is 10.6 Å². The summed E-state index contributed by atoms with van der Waals surface area (Å²) in [5.41, 5.74) is 1.04. The van der Waals surface area contributed by atoms with Gasteiger partial charge in [0.15, 0.2) is 15.0 Å². The van der Waals surface area contributed by atoms with E-state index >= 15 is 0 Å². The molecular formula is C12H17N3O3S2. The molecule has 0 unspecified atom stereocenters. The van der Waals surface area contributed by atoms with Crippen LogP contribution in [0.1, 0.15) is 31.4 Å². The lowest BCUT2D eigenvalue weighted by Gasteiger charge is -2.15. The van der Waals surface area contributed by atoms with E-state index in [1.54, 1.807) is 0 Å². The zero-order valence-electron chi connectivity index (χ0n) is 11.1. The molecule has 1 saturated heterocycles. The van der Waals surface area contributed by atoms with E-state index in [0.717, 1.165) is 5.69 Å². The Morgan fingerprint density at radius 1 is 1.40 bits per heavy atom. The average Bonchev–Trinajstić information content (AvgIpc) is 3.02. The molecule has 2 amide bonds. The lowest BCUT2D eigenvalue weighted by molar-refractivity contribution is 0.247. The van der Waals surface area contributed by atoms with Crippen molar-refractivity contribution >= 4 is 32.3 Å². The number of amides is 2. The summed E-state index contributed by atoms with van der Waals surface area (Å²) in [5.74, 6) is 0.669. The zero-order chi connectivity index (χ0) is 14.3. The average molecular weight is 315 g/mol. The van der Waals surface area contributed by atoms with Gasteiger partial charge in [-0.05, 0) is 18.8 Å². The summed E-state index contributed by atoms with van der Waals surface area (Å²) in [6.45, 7) is 1.84. The molecule has 1 aliphatic heterocycles. The van der Waals surface area contributed by atoms with Crippen molar-refractivity contribution in [3.05, 3.63) is 11.1 Å². The third-order valence-electron chi connectivity index (χ3n) is 3.69. The third-order valence-corrected chi connectivity index (χ3v) is 6.37. The summed E-state index contributed by atoms with van der Waals surface area (Å²) in [7, 11) is -3.02. The first-order valence-electron chi connectivity index (χ1n) is 6.66. The van der Waals surface area contributed by atoms with Crippen molar-refractivity contribution in [2.45, 2.75) is 31.7 Å². The summed E-state index contributed by atoms with van der Waals surface area (Å²) < 4.78 is 23.0. The van der Waals surface area contributed by atoms with Gasteiger partial charge in [0.05, 0.1) is 17.2 Å². The summed E-state index contributed by atoms with van der Waals surface area (Å²) in [6.07, 6.45) is 2.35. The molecule has 110 valence electrons.